The van der Waals surface area contributed by atoms with Crippen molar-refractivity contribution in [1.29, 1.82) is 0 Å². The van der Waals surface area contributed by atoms with Crippen molar-refractivity contribution >= 4 is 12.2 Å². The zero-order valence-corrected chi connectivity index (χ0v) is 24.7. The average Bonchev–Trinajstić information content (AvgIpc) is 2.78. The molecule has 216 valence electrons. The van der Waals surface area contributed by atoms with Gasteiger partial charge in [-0.1, -0.05) is 27.7 Å². The highest BCUT2D eigenvalue weighted by atomic mass is 16.6. The summed E-state index contributed by atoms with van der Waals surface area (Å²) in [5, 5.41) is 3.13. The Balaban J connectivity index is 1.81. The lowest BCUT2D eigenvalue weighted by Gasteiger charge is -2.47. The first kappa shape index (κ1) is 31.6. The Labute approximate surface area is 224 Å². The van der Waals surface area contributed by atoms with Crippen molar-refractivity contribution in [2.75, 3.05) is 93.9 Å². The first-order chi connectivity index (χ1) is 17.3. The molecule has 10 nitrogen and oxygen atoms in total. The lowest BCUT2D eigenvalue weighted by Crippen LogP contribution is -2.54. The molecule has 0 radical (unpaired) electrons. The van der Waals surface area contributed by atoms with E-state index in [2.05, 4.69) is 49.9 Å². The van der Waals surface area contributed by atoms with Crippen LogP contribution in [-0.4, -0.2) is 138 Å². The summed E-state index contributed by atoms with van der Waals surface area (Å²) in [7, 11) is 7.85. The van der Waals surface area contributed by atoms with Gasteiger partial charge in [-0.25, -0.2) is 9.59 Å². The van der Waals surface area contributed by atoms with Crippen LogP contribution in [0.25, 0.3) is 0 Å². The fraction of sp³-hybridized carbons (Fsp3) is 0.926. The molecular weight excluding hydrogens is 474 g/mol. The molecule has 1 aliphatic carbocycles. The Morgan fingerprint density at radius 1 is 1.03 bits per heavy atom. The minimum absolute atomic E-state index is 0.00741. The minimum Gasteiger partial charge on any atom is -0.448 e. The molecule has 1 aliphatic heterocycles. The van der Waals surface area contributed by atoms with Gasteiger partial charge in [0, 0.05) is 45.8 Å². The predicted molar refractivity (Wildman–Crippen MR) is 146 cm³/mol. The fourth-order valence-corrected chi connectivity index (χ4v) is 6.00. The zero-order valence-electron chi connectivity index (χ0n) is 24.7. The molecule has 1 saturated carbocycles. The van der Waals surface area contributed by atoms with E-state index in [-0.39, 0.29) is 41.7 Å². The van der Waals surface area contributed by atoms with Crippen molar-refractivity contribution in [2.45, 2.75) is 59.0 Å². The van der Waals surface area contributed by atoms with E-state index >= 15 is 0 Å². The minimum atomic E-state index is -0.353. The number of nitrogens with one attached hydrogen (secondary N) is 1. The summed E-state index contributed by atoms with van der Waals surface area (Å²) >= 11 is 0. The number of hydrogen-bond donors (Lipinski definition) is 1. The Hall–Kier alpha value is -1.62. The van der Waals surface area contributed by atoms with Gasteiger partial charge < -0.3 is 34.2 Å². The molecular formula is C27H53N5O5. The molecule has 0 aromatic carbocycles. The van der Waals surface area contributed by atoms with Gasteiger partial charge in [-0.05, 0) is 57.8 Å². The van der Waals surface area contributed by atoms with Gasteiger partial charge >= 0.3 is 12.2 Å². The molecule has 1 heterocycles. The lowest BCUT2D eigenvalue weighted by molar-refractivity contribution is 0.0217. The normalized spacial score (nSPS) is 26.6. The molecule has 1 saturated heterocycles. The van der Waals surface area contributed by atoms with E-state index in [4.69, 9.17) is 14.2 Å². The number of piperazine rings is 1. The summed E-state index contributed by atoms with van der Waals surface area (Å²) in [6.07, 6.45) is 1.92. The highest BCUT2D eigenvalue weighted by molar-refractivity contribution is 5.68. The maximum absolute atomic E-state index is 12.7. The predicted octanol–water partition coefficient (Wildman–Crippen LogP) is 2.58. The number of hydrogen-bond acceptors (Lipinski definition) is 8. The summed E-state index contributed by atoms with van der Waals surface area (Å²) in [6, 6.07) is 0.206. The highest BCUT2D eigenvalue weighted by Gasteiger charge is 2.43. The second kappa shape index (κ2) is 14.5. The average molecular weight is 528 g/mol. The molecule has 2 amide bonds. The van der Waals surface area contributed by atoms with Gasteiger partial charge in [0.05, 0.1) is 19.3 Å². The highest BCUT2D eigenvalue weighted by Crippen LogP contribution is 2.46. The van der Waals surface area contributed by atoms with Crippen molar-refractivity contribution in [2.24, 2.45) is 10.8 Å². The molecule has 3 atom stereocenters. The molecule has 2 rings (SSSR count). The van der Waals surface area contributed by atoms with Gasteiger partial charge in [0.25, 0.3) is 0 Å². The summed E-state index contributed by atoms with van der Waals surface area (Å²) < 4.78 is 16.6. The van der Waals surface area contributed by atoms with Crippen molar-refractivity contribution in [3.8, 4) is 0 Å². The first-order valence-electron chi connectivity index (χ1n) is 13.8. The van der Waals surface area contributed by atoms with Crippen molar-refractivity contribution < 1.29 is 23.8 Å². The Morgan fingerprint density at radius 3 is 2.43 bits per heavy atom. The van der Waals surface area contributed by atoms with Crippen molar-refractivity contribution in [3.63, 3.8) is 0 Å². The van der Waals surface area contributed by atoms with E-state index in [9.17, 15) is 9.59 Å². The van der Waals surface area contributed by atoms with Crippen LogP contribution in [0.5, 0.6) is 0 Å². The van der Waals surface area contributed by atoms with Gasteiger partial charge in [0.15, 0.2) is 0 Å². The maximum Gasteiger partial charge on any atom is 0.409 e. The molecule has 0 aromatic rings. The lowest BCUT2D eigenvalue weighted by atomic mass is 9.62. The number of alkyl carbamates (subject to hydrolysis) is 1. The van der Waals surface area contributed by atoms with Gasteiger partial charge in [0.2, 0.25) is 0 Å². The standard InChI is InChI=1S/C27H53N5O5/c1-9-32-11-10-30(7)23(18-32)19-37-24(33)28-22-16-26(2,3)20-27(4,17-22)21-31(8)25(34)36-15-14-35-13-12-29(5)6/h22-23H,9-21H2,1-8H3,(H,28,33). The van der Waals surface area contributed by atoms with Crippen LogP contribution in [-0.2, 0) is 14.2 Å². The Morgan fingerprint density at radius 2 is 1.76 bits per heavy atom. The smallest absolute Gasteiger partial charge is 0.409 e. The van der Waals surface area contributed by atoms with Crippen LogP contribution in [0.15, 0.2) is 0 Å². The van der Waals surface area contributed by atoms with E-state index in [0.717, 1.165) is 52.0 Å². The van der Waals surface area contributed by atoms with Crippen LogP contribution in [0.3, 0.4) is 0 Å². The second-order valence-electron chi connectivity index (χ2n) is 12.4. The van der Waals surface area contributed by atoms with E-state index in [1.807, 2.05) is 19.0 Å². The molecule has 0 bridgehead atoms. The van der Waals surface area contributed by atoms with Gasteiger partial charge in [-0.15, -0.1) is 0 Å². The third-order valence-electron chi connectivity index (χ3n) is 7.55. The quantitative estimate of drug-likeness (QED) is 0.388. The first-order valence-corrected chi connectivity index (χ1v) is 13.8. The summed E-state index contributed by atoms with van der Waals surface area (Å²) in [4.78, 5) is 33.7. The molecule has 0 aromatic heterocycles. The number of ether oxygens (including phenoxy) is 3. The van der Waals surface area contributed by atoms with Crippen LogP contribution in [0.4, 0.5) is 9.59 Å². The second-order valence-corrected chi connectivity index (χ2v) is 12.4. The number of likely N-dealkylation sites (N-methyl/N-ethyl adjacent to an activating group) is 3. The summed E-state index contributed by atoms with van der Waals surface area (Å²) in [5.74, 6) is 0. The van der Waals surface area contributed by atoms with Crippen LogP contribution in [0.2, 0.25) is 0 Å². The topological polar surface area (TPSA) is 86.8 Å². The zero-order chi connectivity index (χ0) is 27.6. The Bertz CT molecular complexity index is 721. The molecule has 1 N–H and O–H groups in total. The van der Waals surface area contributed by atoms with E-state index < -0.39 is 0 Å². The van der Waals surface area contributed by atoms with Gasteiger partial charge in [0.1, 0.15) is 13.2 Å². The molecule has 10 heteroatoms. The maximum atomic E-state index is 12.7. The monoisotopic (exact) mass is 527 g/mol. The number of amides is 2. The number of carbonyl (C=O) groups is 2. The van der Waals surface area contributed by atoms with Crippen LogP contribution >= 0.6 is 0 Å². The molecule has 37 heavy (non-hydrogen) atoms. The summed E-state index contributed by atoms with van der Waals surface area (Å²) in [5.41, 5.74) is -0.123. The van der Waals surface area contributed by atoms with Crippen LogP contribution in [0.1, 0.15) is 47.0 Å². The van der Waals surface area contributed by atoms with Crippen molar-refractivity contribution in [3.05, 3.63) is 0 Å². The van der Waals surface area contributed by atoms with E-state index in [1.165, 1.54) is 0 Å². The fourth-order valence-electron chi connectivity index (χ4n) is 6.00. The molecule has 2 aliphatic rings. The third-order valence-corrected chi connectivity index (χ3v) is 7.55. The van der Waals surface area contributed by atoms with Crippen LogP contribution < -0.4 is 5.32 Å². The van der Waals surface area contributed by atoms with Gasteiger partial charge in [-0.2, -0.15) is 0 Å². The third kappa shape index (κ3) is 11.3. The SMILES string of the molecule is CCN1CCN(C)C(COC(=O)NC2CC(C)(C)CC(C)(CN(C)C(=O)OCCOCCN(C)C)C2)C1. The summed E-state index contributed by atoms with van der Waals surface area (Å²) in [6.45, 7) is 15.8. The Kier molecular flexibility index (Phi) is 12.4. The number of rotatable bonds is 12. The largest absolute Gasteiger partial charge is 0.448 e. The number of carbonyl (C=O) groups excluding carboxylic acids is 2. The number of nitrogens with zero attached hydrogens (tertiary/aromatic N) is 4. The van der Waals surface area contributed by atoms with E-state index in [1.54, 1.807) is 11.9 Å². The molecule has 3 unspecified atom stereocenters. The van der Waals surface area contributed by atoms with Crippen LogP contribution in [0, 0.1) is 10.8 Å². The van der Waals surface area contributed by atoms with E-state index in [0.29, 0.717) is 26.4 Å². The van der Waals surface area contributed by atoms with Gasteiger partial charge in [-0.3, -0.25) is 4.90 Å². The molecule has 2 fully saturated rings. The van der Waals surface area contributed by atoms with Crippen molar-refractivity contribution in [1.82, 2.24) is 24.9 Å². The molecule has 0 spiro atoms.